The first-order chi connectivity index (χ1) is 16.7. The SMILES string of the molecule is Cc1sc2c(ccc3c2sc2ccnc(-c4cc(C(C)(C)C)c5ccccc5c4)c23)c1CC(C)C. The van der Waals surface area contributed by atoms with E-state index < -0.39 is 0 Å². The van der Waals surface area contributed by atoms with Gasteiger partial charge < -0.3 is 0 Å². The zero-order valence-electron chi connectivity index (χ0n) is 21.3. The van der Waals surface area contributed by atoms with Crippen LogP contribution in [0.4, 0.5) is 0 Å². The maximum atomic E-state index is 4.98. The average molecular weight is 494 g/mol. The number of benzene rings is 3. The van der Waals surface area contributed by atoms with Crippen molar-refractivity contribution in [2.45, 2.75) is 53.4 Å². The fourth-order valence-corrected chi connectivity index (χ4v) is 7.97. The number of pyridine rings is 1. The van der Waals surface area contributed by atoms with Crippen LogP contribution in [-0.2, 0) is 11.8 Å². The van der Waals surface area contributed by atoms with Crippen LogP contribution in [0.5, 0.6) is 0 Å². The van der Waals surface area contributed by atoms with Gasteiger partial charge in [-0.3, -0.25) is 4.98 Å². The van der Waals surface area contributed by atoms with Crippen molar-refractivity contribution in [1.29, 1.82) is 0 Å². The van der Waals surface area contributed by atoms with Crippen molar-refractivity contribution in [2.24, 2.45) is 5.92 Å². The molecule has 3 aromatic carbocycles. The summed E-state index contributed by atoms with van der Waals surface area (Å²) in [5.74, 6) is 0.658. The molecular weight excluding hydrogens is 462 g/mol. The molecule has 3 aromatic heterocycles. The molecule has 0 aliphatic heterocycles. The quantitative estimate of drug-likeness (QED) is 0.239. The molecule has 0 saturated carbocycles. The molecular formula is C32H31NS2. The van der Waals surface area contributed by atoms with E-state index >= 15 is 0 Å². The number of nitrogens with zero attached hydrogens (tertiary/aromatic N) is 1. The minimum Gasteiger partial charge on any atom is -0.256 e. The summed E-state index contributed by atoms with van der Waals surface area (Å²) in [6.07, 6.45) is 3.13. The van der Waals surface area contributed by atoms with Crippen LogP contribution in [0.25, 0.3) is 52.3 Å². The Morgan fingerprint density at radius 3 is 2.37 bits per heavy atom. The fraction of sp³-hybridized carbons (Fsp3) is 0.281. The predicted molar refractivity (Wildman–Crippen MR) is 157 cm³/mol. The van der Waals surface area contributed by atoms with Crippen LogP contribution >= 0.6 is 22.7 Å². The number of hydrogen-bond acceptors (Lipinski definition) is 3. The lowest BCUT2D eigenvalue weighted by molar-refractivity contribution is 0.596. The van der Waals surface area contributed by atoms with Crippen LogP contribution < -0.4 is 0 Å². The highest BCUT2D eigenvalue weighted by Crippen LogP contribution is 2.46. The molecule has 0 aliphatic carbocycles. The van der Waals surface area contributed by atoms with E-state index in [2.05, 4.69) is 96.1 Å². The number of aryl methyl sites for hydroxylation is 1. The number of hydrogen-bond donors (Lipinski definition) is 0. The van der Waals surface area contributed by atoms with E-state index in [0.717, 1.165) is 12.1 Å². The van der Waals surface area contributed by atoms with E-state index in [9.17, 15) is 0 Å². The van der Waals surface area contributed by atoms with Crippen molar-refractivity contribution in [3.8, 4) is 11.3 Å². The zero-order valence-corrected chi connectivity index (χ0v) is 23.0. The maximum Gasteiger partial charge on any atom is 0.0795 e. The van der Waals surface area contributed by atoms with Crippen LogP contribution in [0, 0.1) is 12.8 Å². The highest BCUT2D eigenvalue weighted by Gasteiger charge is 2.21. The van der Waals surface area contributed by atoms with Gasteiger partial charge in [0, 0.05) is 32.1 Å². The van der Waals surface area contributed by atoms with Gasteiger partial charge in [0.1, 0.15) is 0 Å². The topological polar surface area (TPSA) is 12.9 Å². The Labute approximate surface area is 215 Å². The summed E-state index contributed by atoms with van der Waals surface area (Å²) in [7, 11) is 0. The van der Waals surface area contributed by atoms with Crippen molar-refractivity contribution in [3.05, 3.63) is 76.8 Å². The first-order valence-electron chi connectivity index (χ1n) is 12.5. The lowest BCUT2D eigenvalue weighted by Crippen LogP contribution is -2.12. The Balaban J connectivity index is 1.66. The van der Waals surface area contributed by atoms with Crippen molar-refractivity contribution in [2.75, 3.05) is 0 Å². The summed E-state index contributed by atoms with van der Waals surface area (Å²) >= 11 is 3.89. The Morgan fingerprint density at radius 2 is 1.60 bits per heavy atom. The molecule has 0 fully saturated rings. The van der Waals surface area contributed by atoms with Gasteiger partial charge in [0.15, 0.2) is 0 Å². The van der Waals surface area contributed by atoms with Gasteiger partial charge in [-0.05, 0) is 70.2 Å². The molecule has 0 atom stereocenters. The third-order valence-corrected chi connectivity index (χ3v) is 9.57. The standard InChI is InChI=1S/C32H31NS2/c1-18(2)15-25-19(3)34-30-23(25)11-12-24-28-27(35-31(24)30)13-14-33-29(28)21-16-20-9-7-8-10-22(20)26(17-21)32(4,5)6/h7-14,16-18H,15H2,1-6H3. The minimum atomic E-state index is 0.0493. The second-order valence-corrected chi connectivity index (χ2v) is 13.5. The van der Waals surface area contributed by atoms with Crippen molar-refractivity contribution in [1.82, 2.24) is 4.98 Å². The van der Waals surface area contributed by atoms with Crippen molar-refractivity contribution >= 4 is 63.7 Å². The van der Waals surface area contributed by atoms with E-state index in [-0.39, 0.29) is 5.41 Å². The lowest BCUT2D eigenvalue weighted by atomic mass is 9.82. The smallest absolute Gasteiger partial charge is 0.0795 e. The molecule has 0 N–H and O–H groups in total. The second kappa shape index (κ2) is 8.15. The number of rotatable bonds is 3. The van der Waals surface area contributed by atoms with Crippen LogP contribution in [0.2, 0.25) is 0 Å². The van der Waals surface area contributed by atoms with Crippen LogP contribution in [0.15, 0.2) is 60.8 Å². The molecule has 0 unspecified atom stereocenters. The average Bonchev–Trinajstić information content (AvgIpc) is 3.35. The van der Waals surface area contributed by atoms with Gasteiger partial charge in [0.05, 0.1) is 15.1 Å². The molecule has 3 heteroatoms. The summed E-state index contributed by atoms with van der Waals surface area (Å²) < 4.78 is 4.17. The molecule has 3 heterocycles. The summed E-state index contributed by atoms with van der Waals surface area (Å²) in [5.41, 5.74) is 5.26. The van der Waals surface area contributed by atoms with Gasteiger partial charge in [-0.2, -0.15) is 0 Å². The van der Waals surface area contributed by atoms with Gasteiger partial charge >= 0.3 is 0 Å². The second-order valence-electron chi connectivity index (χ2n) is 11.2. The van der Waals surface area contributed by atoms with E-state index in [0.29, 0.717) is 5.92 Å². The molecule has 0 saturated heterocycles. The van der Waals surface area contributed by atoms with Gasteiger partial charge in [0.25, 0.3) is 0 Å². The number of fused-ring (bicyclic) bond motifs is 6. The maximum absolute atomic E-state index is 4.98. The largest absolute Gasteiger partial charge is 0.256 e. The summed E-state index contributed by atoms with van der Waals surface area (Å²) in [6, 6.07) is 20.4. The van der Waals surface area contributed by atoms with Gasteiger partial charge in [-0.1, -0.05) is 71.0 Å². The summed E-state index contributed by atoms with van der Waals surface area (Å²) in [5, 5.41) is 6.68. The number of aromatic nitrogens is 1. The Morgan fingerprint density at radius 1 is 0.857 bits per heavy atom. The molecule has 0 amide bonds. The normalized spacial score (nSPS) is 12.7. The molecule has 35 heavy (non-hydrogen) atoms. The minimum absolute atomic E-state index is 0.0493. The molecule has 1 nitrogen and oxygen atoms in total. The van der Waals surface area contributed by atoms with Crippen molar-refractivity contribution < 1.29 is 0 Å². The molecule has 0 spiro atoms. The monoisotopic (exact) mass is 493 g/mol. The van der Waals surface area contributed by atoms with E-state index in [4.69, 9.17) is 4.98 Å². The third-order valence-electron chi connectivity index (χ3n) is 7.07. The molecule has 6 rings (SSSR count). The summed E-state index contributed by atoms with van der Waals surface area (Å²) in [4.78, 5) is 6.44. The number of thiophene rings is 2. The molecule has 0 bridgehead atoms. The van der Waals surface area contributed by atoms with Crippen LogP contribution in [-0.4, -0.2) is 4.98 Å². The zero-order chi connectivity index (χ0) is 24.5. The highest BCUT2D eigenvalue weighted by atomic mass is 32.1. The fourth-order valence-electron chi connectivity index (χ4n) is 5.45. The lowest BCUT2D eigenvalue weighted by Gasteiger charge is -2.23. The molecule has 0 aliphatic rings. The Kier molecular flexibility index (Phi) is 5.28. The first-order valence-corrected chi connectivity index (χ1v) is 14.1. The van der Waals surface area contributed by atoms with Gasteiger partial charge in [-0.15, -0.1) is 22.7 Å². The predicted octanol–water partition coefficient (Wildman–Crippen LogP) is 10.3. The van der Waals surface area contributed by atoms with E-state index in [1.54, 1.807) is 0 Å². The van der Waals surface area contributed by atoms with Crippen molar-refractivity contribution in [3.63, 3.8) is 0 Å². The Hall–Kier alpha value is -2.75. The van der Waals surface area contributed by atoms with Gasteiger partial charge in [-0.25, -0.2) is 0 Å². The molecule has 176 valence electrons. The third kappa shape index (κ3) is 3.68. The highest BCUT2D eigenvalue weighted by molar-refractivity contribution is 7.31. The molecule has 6 aromatic rings. The van der Waals surface area contributed by atoms with Crippen LogP contribution in [0.1, 0.15) is 50.6 Å². The van der Waals surface area contributed by atoms with Gasteiger partial charge in [0.2, 0.25) is 0 Å². The van der Waals surface area contributed by atoms with E-state index in [1.807, 2.05) is 28.9 Å². The first kappa shape index (κ1) is 22.7. The summed E-state index contributed by atoms with van der Waals surface area (Å²) in [6.45, 7) is 13.8. The van der Waals surface area contributed by atoms with E-state index in [1.165, 1.54) is 62.6 Å². The van der Waals surface area contributed by atoms with Crippen LogP contribution in [0.3, 0.4) is 0 Å². The Bertz CT molecular complexity index is 1740. The molecule has 0 radical (unpaired) electrons.